The Kier molecular flexibility index (Phi) is 7.73. The number of methoxy groups -OCH3 is 2. The second-order valence-electron chi connectivity index (χ2n) is 7.91. The van der Waals surface area contributed by atoms with E-state index < -0.39 is 5.79 Å². The van der Waals surface area contributed by atoms with Crippen LogP contribution in [-0.2, 0) is 28.2 Å². The van der Waals surface area contributed by atoms with Crippen LogP contribution in [-0.4, -0.2) is 48.0 Å². The maximum absolute atomic E-state index is 6.53. The molecule has 1 aliphatic heterocycles. The Morgan fingerprint density at radius 3 is 2.34 bits per heavy atom. The molecule has 1 aliphatic rings. The second kappa shape index (κ2) is 10.9. The molecule has 32 heavy (non-hydrogen) atoms. The molecule has 1 saturated heterocycles. The van der Waals surface area contributed by atoms with Gasteiger partial charge in [0.25, 0.3) is 0 Å². The van der Waals surface area contributed by atoms with Gasteiger partial charge >= 0.3 is 0 Å². The molecule has 0 radical (unpaired) electrons. The molecular formula is C25H30N2O4S. The first kappa shape index (κ1) is 22.7. The number of imidazole rings is 1. The number of ether oxygens (including phenoxy) is 4. The van der Waals surface area contributed by atoms with Gasteiger partial charge in [-0.05, 0) is 41.8 Å². The maximum atomic E-state index is 6.53. The first-order valence-corrected chi connectivity index (χ1v) is 11.9. The number of benzene rings is 2. The first-order chi connectivity index (χ1) is 15.7. The van der Waals surface area contributed by atoms with Crippen LogP contribution in [0.4, 0.5) is 0 Å². The Morgan fingerprint density at radius 1 is 1.03 bits per heavy atom. The van der Waals surface area contributed by atoms with Crippen LogP contribution in [0.25, 0.3) is 0 Å². The van der Waals surface area contributed by atoms with Crippen LogP contribution in [0.2, 0.25) is 0 Å². The monoisotopic (exact) mass is 454 g/mol. The normalized spacial score (nSPS) is 20.4. The van der Waals surface area contributed by atoms with Crippen LogP contribution in [0, 0.1) is 0 Å². The Bertz CT molecular complexity index is 947. The van der Waals surface area contributed by atoms with Crippen molar-refractivity contribution in [3.05, 3.63) is 78.4 Å². The minimum Gasteiger partial charge on any atom is -0.497 e. The molecule has 0 N–H and O–H groups in total. The molecule has 0 bridgehead atoms. The van der Waals surface area contributed by atoms with Crippen molar-refractivity contribution in [3.8, 4) is 11.5 Å². The zero-order valence-corrected chi connectivity index (χ0v) is 19.4. The van der Waals surface area contributed by atoms with E-state index in [1.165, 1.54) is 11.1 Å². The Hall–Kier alpha value is -2.48. The van der Waals surface area contributed by atoms with Crippen LogP contribution in [0.15, 0.2) is 67.3 Å². The first-order valence-electron chi connectivity index (χ1n) is 10.8. The van der Waals surface area contributed by atoms with Gasteiger partial charge in [0, 0.05) is 30.3 Å². The van der Waals surface area contributed by atoms with Crippen molar-refractivity contribution in [2.24, 2.45) is 0 Å². The fourth-order valence-corrected chi connectivity index (χ4v) is 4.78. The molecule has 0 aliphatic carbocycles. The number of nitrogens with zero attached hydrogens (tertiary/aromatic N) is 2. The predicted octanol–water partition coefficient (Wildman–Crippen LogP) is 4.58. The number of hydrogen-bond acceptors (Lipinski definition) is 6. The molecule has 6 nitrogen and oxygen atoms in total. The van der Waals surface area contributed by atoms with E-state index >= 15 is 0 Å². The molecule has 7 heteroatoms. The van der Waals surface area contributed by atoms with Crippen molar-refractivity contribution in [2.75, 3.05) is 26.6 Å². The fraction of sp³-hybridized carbons (Fsp3) is 0.400. The van der Waals surface area contributed by atoms with Crippen LogP contribution in [0.3, 0.4) is 0 Å². The van der Waals surface area contributed by atoms with Gasteiger partial charge in [-0.1, -0.05) is 24.3 Å². The number of aryl methyl sites for hydroxylation is 1. The van der Waals surface area contributed by atoms with Gasteiger partial charge in [0.2, 0.25) is 0 Å². The molecule has 2 aromatic carbocycles. The largest absolute Gasteiger partial charge is 0.497 e. The highest BCUT2D eigenvalue weighted by molar-refractivity contribution is 7.98. The van der Waals surface area contributed by atoms with Crippen molar-refractivity contribution in [2.45, 2.75) is 37.0 Å². The van der Waals surface area contributed by atoms with Crippen LogP contribution < -0.4 is 9.47 Å². The van der Waals surface area contributed by atoms with Gasteiger partial charge in [-0.15, -0.1) is 0 Å². The maximum Gasteiger partial charge on any atom is 0.187 e. The summed E-state index contributed by atoms with van der Waals surface area (Å²) in [6.45, 7) is 1.23. The molecular weight excluding hydrogens is 424 g/mol. The second-order valence-corrected chi connectivity index (χ2v) is 8.94. The number of hydrogen-bond donors (Lipinski definition) is 0. The van der Waals surface area contributed by atoms with E-state index in [4.69, 9.17) is 18.9 Å². The van der Waals surface area contributed by atoms with E-state index in [-0.39, 0.29) is 6.10 Å². The van der Waals surface area contributed by atoms with E-state index in [1.54, 1.807) is 20.4 Å². The summed E-state index contributed by atoms with van der Waals surface area (Å²) in [5, 5.41) is 0. The summed E-state index contributed by atoms with van der Waals surface area (Å²) in [5.74, 6) is 2.92. The summed E-state index contributed by atoms with van der Waals surface area (Å²) < 4.78 is 25.4. The summed E-state index contributed by atoms with van der Waals surface area (Å²) in [6.07, 6.45) is 7.26. The van der Waals surface area contributed by atoms with Crippen LogP contribution in [0.5, 0.6) is 11.5 Å². The molecule has 0 spiro atoms. The van der Waals surface area contributed by atoms with Crippen LogP contribution >= 0.6 is 11.8 Å². The lowest BCUT2D eigenvalue weighted by molar-refractivity contribution is -0.180. The fourth-order valence-electron chi connectivity index (χ4n) is 3.81. The highest BCUT2D eigenvalue weighted by Gasteiger charge is 2.41. The minimum absolute atomic E-state index is 0.0673. The topological polar surface area (TPSA) is 54.7 Å². The molecule has 2 heterocycles. The van der Waals surface area contributed by atoms with Crippen molar-refractivity contribution in [1.29, 1.82) is 0 Å². The minimum atomic E-state index is -0.647. The molecule has 1 fully saturated rings. The molecule has 2 atom stereocenters. The zero-order chi connectivity index (χ0) is 22.2. The molecule has 0 amide bonds. The van der Waals surface area contributed by atoms with Gasteiger partial charge in [0.15, 0.2) is 5.79 Å². The standard InChI is InChI=1S/C25H30N2O4S/c1-28-22-7-3-20(4-8-22)11-12-25(18-27-14-13-26-19-27)30-15-24(31-25)17-32-16-21-5-9-23(29-2)10-6-21/h3-10,13-14,19,24H,11-12,15-18H2,1-2H3. The summed E-state index contributed by atoms with van der Waals surface area (Å²) >= 11 is 1.87. The molecule has 0 saturated carbocycles. The molecule has 1 aromatic heterocycles. The lowest BCUT2D eigenvalue weighted by atomic mass is 10.0. The smallest absolute Gasteiger partial charge is 0.187 e. The van der Waals surface area contributed by atoms with E-state index in [0.717, 1.165) is 35.8 Å². The van der Waals surface area contributed by atoms with Gasteiger partial charge < -0.3 is 23.5 Å². The molecule has 3 aromatic rings. The zero-order valence-electron chi connectivity index (χ0n) is 18.6. The Labute approximate surface area is 193 Å². The SMILES string of the molecule is COc1ccc(CCC2(Cn3ccnc3)OCC(CSCc3ccc(OC)cc3)O2)cc1. The van der Waals surface area contributed by atoms with Gasteiger partial charge in [-0.3, -0.25) is 0 Å². The number of rotatable bonds is 11. The van der Waals surface area contributed by atoms with Gasteiger partial charge in [-0.2, -0.15) is 11.8 Å². The van der Waals surface area contributed by atoms with Gasteiger partial charge in [0.1, 0.15) is 11.5 Å². The van der Waals surface area contributed by atoms with Crippen LogP contribution in [0.1, 0.15) is 17.5 Å². The average Bonchev–Trinajstić information content (AvgIpc) is 3.49. The van der Waals surface area contributed by atoms with E-state index in [1.807, 2.05) is 53.1 Å². The lowest BCUT2D eigenvalue weighted by Gasteiger charge is -2.28. The summed E-state index contributed by atoms with van der Waals surface area (Å²) in [5.41, 5.74) is 2.51. The van der Waals surface area contributed by atoms with E-state index in [9.17, 15) is 0 Å². The highest BCUT2D eigenvalue weighted by atomic mass is 32.2. The van der Waals surface area contributed by atoms with E-state index in [2.05, 4.69) is 29.2 Å². The Morgan fingerprint density at radius 2 is 1.72 bits per heavy atom. The lowest BCUT2D eigenvalue weighted by Crippen LogP contribution is -2.37. The van der Waals surface area contributed by atoms with Crippen molar-refractivity contribution in [3.63, 3.8) is 0 Å². The third-order valence-electron chi connectivity index (χ3n) is 5.58. The van der Waals surface area contributed by atoms with Crippen molar-refractivity contribution < 1.29 is 18.9 Å². The van der Waals surface area contributed by atoms with Crippen molar-refractivity contribution >= 4 is 11.8 Å². The predicted molar refractivity (Wildman–Crippen MR) is 126 cm³/mol. The van der Waals surface area contributed by atoms with E-state index in [0.29, 0.717) is 13.2 Å². The molecule has 4 rings (SSSR count). The third kappa shape index (κ3) is 6.06. The quantitative estimate of drug-likeness (QED) is 0.423. The molecule has 170 valence electrons. The Balaban J connectivity index is 1.33. The summed E-state index contributed by atoms with van der Waals surface area (Å²) in [4.78, 5) is 4.17. The summed E-state index contributed by atoms with van der Waals surface area (Å²) in [7, 11) is 3.37. The van der Waals surface area contributed by atoms with Crippen molar-refractivity contribution in [1.82, 2.24) is 9.55 Å². The highest BCUT2D eigenvalue weighted by Crippen LogP contribution is 2.33. The van der Waals surface area contributed by atoms with Gasteiger partial charge in [-0.25, -0.2) is 4.98 Å². The molecule has 2 unspecified atom stereocenters. The number of thioether (sulfide) groups is 1. The van der Waals surface area contributed by atoms with Gasteiger partial charge in [0.05, 0.1) is 39.8 Å². The number of aromatic nitrogens is 2. The average molecular weight is 455 g/mol. The summed E-state index contributed by atoms with van der Waals surface area (Å²) in [6, 6.07) is 16.4. The third-order valence-corrected chi connectivity index (χ3v) is 6.73.